The van der Waals surface area contributed by atoms with Crippen LogP contribution in [0.2, 0.25) is 0 Å². The Morgan fingerprint density at radius 2 is 1.87 bits per heavy atom. The van der Waals surface area contributed by atoms with Gasteiger partial charge in [0.1, 0.15) is 5.75 Å². The number of carbonyl (C=O) groups excluding carboxylic acids is 1. The van der Waals surface area contributed by atoms with Gasteiger partial charge in [-0.3, -0.25) is 4.79 Å². The maximum Gasteiger partial charge on any atom is 0.268 e. The lowest BCUT2D eigenvalue weighted by atomic mass is 10.2. The molecule has 1 amide bonds. The number of thiophene rings is 2. The highest BCUT2D eigenvalue weighted by Gasteiger charge is 2.21. The first-order valence-corrected chi connectivity index (χ1v) is 8.97. The van der Waals surface area contributed by atoms with Crippen molar-refractivity contribution in [2.75, 3.05) is 12.0 Å². The lowest BCUT2D eigenvalue weighted by Crippen LogP contribution is -2.29. The molecule has 0 saturated heterocycles. The van der Waals surface area contributed by atoms with E-state index in [4.69, 9.17) is 4.74 Å². The molecule has 2 aromatic heterocycles. The summed E-state index contributed by atoms with van der Waals surface area (Å²) in [5.41, 5.74) is 1.89. The van der Waals surface area contributed by atoms with Gasteiger partial charge in [0.2, 0.25) is 0 Å². The zero-order valence-electron chi connectivity index (χ0n) is 13.0. The fourth-order valence-electron chi connectivity index (χ4n) is 2.32. The minimum Gasteiger partial charge on any atom is -0.497 e. The van der Waals surface area contributed by atoms with E-state index in [9.17, 15) is 4.79 Å². The summed E-state index contributed by atoms with van der Waals surface area (Å²) in [6.07, 6.45) is 0. The number of hydrogen-bond donors (Lipinski definition) is 0. The second-order valence-corrected chi connectivity index (χ2v) is 7.05. The van der Waals surface area contributed by atoms with Crippen LogP contribution >= 0.6 is 22.7 Å². The van der Waals surface area contributed by atoms with E-state index in [1.807, 2.05) is 59.0 Å². The number of nitrogens with zero attached hydrogens (tertiary/aromatic N) is 1. The summed E-state index contributed by atoms with van der Waals surface area (Å²) in [4.78, 5) is 16.8. The Morgan fingerprint density at radius 3 is 2.43 bits per heavy atom. The minimum atomic E-state index is 0.0380. The predicted octanol–water partition coefficient (Wildman–Crippen LogP) is 4.97. The van der Waals surface area contributed by atoms with Crippen LogP contribution in [0.15, 0.2) is 53.2 Å². The Bertz CT molecular complexity index is 776. The number of hydrogen-bond acceptors (Lipinski definition) is 4. The number of benzene rings is 1. The Labute approximate surface area is 143 Å². The van der Waals surface area contributed by atoms with Crippen LogP contribution in [0.4, 0.5) is 5.69 Å². The SMILES string of the molecule is COc1ccc(N(Cc2cccs2)C(=O)c2sccc2C)cc1. The molecule has 5 heteroatoms. The maximum absolute atomic E-state index is 13.0. The van der Waals surface area contributed by atoms with E-state index in [1.54, 1.807) is 18.4 Å². The first kappa shape index (κ1) is 15.8. The highest BCUT2D eigenvalue weighted by atomic mass is 32.1. The summed E-state index contributed by atoms with van der Waals surface area (Å²) >= 11 is 3.15. The molecule has 0 saturated carbocycles. The Balaban J connectivity index is 1.95. The zero-order chi connectivity index (χ0) is 16.2. The number of ether oxygens (including phenoxy) is 1. The quantitative estimate of drug-likeness (QED) is 0.654. The van der Waals surface area contributed by atoms with E-state index in [2.05, 4.69) is 6.07 Å². The molecular formula is C18H17NO2S2. The fourth-order valence-corrected chi connectivity index (χ4v) is 3.88. The van der Waals surface area contributed by atoms with Crippen molar-refractivity contribution in [1.82, 2.24) is 0 Å². The number of aryl methyl sites for hydroxylation is 1. The maximum atomic E-state index is 13.0. The number of rotatable bonds is 5. The molecule has 0 aliphatic heterocycles. The van der Waals surface area contributed by atoms with Gasteiger partial charge in [0.05, 0.1) is 18.5 Å². The third-order valence-electron chi connectivity index (χ3n) is 3.58. The lowest BCUT2D eigenvalue weighted by molar-refractivity contribution is 0.0988. The van der Waals surface area contributed by atoms with Crippen molar-refractivity contribution in [1.29, 1.82) is 0 Å². The van der Waals surface area contributed by atoms with Gasteiger partial charge < -0.3 is 9.64 Å². The van der Waals surface area contributed by atoms with Gasteiger partial charge in [-0.15, -0.1) is 22.7 Å². The fraction of sp³-hybridized carbons (Fsp3) is 0.167. The Hall–Kier alpha value is -2.11. The largest absolute Gasteiger partial charge is 0.497 e. The molecule has 0 spiro atoms. The van der Waals surface area contributed by atoms with Crippen LogP contribution in [-0.2, 0) is 6.54 Å². The number of anilines is 1. The van der Waals surface area contributed by atoms with Crippen LogP contribution in [-0.4, -0.2) is 13.0 Å². The molecule has 118 valence electrons. The minimum absolute atomic E-state index is 0.0380. The molecule has 0 fully saturated rings. The van der Waals surface area contributed by atoms with Gasteiger partial charge in [-0.25, -0.2) is 0 Å². The van der Waals surface area contributed by atoms with E-state index in [-0.39, 0.29) is 5.91 Å². The third kappa shape index (κ3) is 3.46. The summed E-state index contributed by atoms with van der Waals surface area (Å²) in [5.74, 6) is 0.820. The number of carbonyl (C=O) groups is 1. The second kappa shape index (κ2) is 6.98. The van der Waals surface area contributed by atoms with E-state index in [0.29, 0.717) is 6.54 Å². The highest BCUT2D eigenvalue weighted by Crippen LogP contribution is 2.27. The third-order valence-corrected chi connectivity index (χ3v) is 5.45. The zero-order valence-corrected chi connectivity index (χ0v) is 14.6. The molecule has 0 aliphatic carbocycles. The van der Waals surface area contributed by atoms with E-state index < -0.39 is 0 Å². The molecule has 3 rings (SSSR count). The van der Waals surface area contributed by atoms with Crippen molar-refractivity contribution in [3.05, 3.63) is 68.5 Å². The smallest absolute Gasteiger partial charge is 0.268 e. The number of amides is 1. The van der Waals surface area contributed by atoms with E-state index in [1.165, 1.54) is 11.3 Å². The molecule has 0 N–H and O–H groups in total. The predicted molar refractivity (Wildman–Crippen MR) is 96.9 cm³/mol. The van der Waals surface area contributed by atoms with Gasteiger partial charge in [0.15, 0.2) is 0 Å². The van der Waals surface area contributed by atoms with Crippen molar-refractivity contribution in [3.63, 3.8) is 0 Å². The molecule has 3 aromatic rings. The molecule has 3 nitrogen and oxygen atoms in total. The van der Waals surface area contributed by atoms with Gasteiger partial charge in [-0.1, -0.05) is 6.07 Å². The van der Waals surface area contributed by atoms with Crippen molar-refractivity contribution >= 4 is 34.3 Å². The first-order valence-electron chi connectivity index (χ1n) is 7.21. The van der Waals surface area contributed by atoms with Crippen molar-refractivity contribution in [2.45, 2.75) is 13.5 Å². The number of methoxy groups -OCH3 is 1. The van der Waals surface area contributed by atoms with Gasteiger partial charge >= 0.3 is 0 Å². The standard InChI is InChI=1S/C18H17NO2S2/c1-13-9-11-23-17(13)18(20)19(12-16-4-3-10-22-16)14-5-7-15(21-2)8-6-14/h3-11H,12H2,1-2H3. The molecule has 0 bridgehead atoms. The molecular weight excluding hydrogens is 326 g/mol. The van der Waals surface area contributed by atoms with Gasteiger partial charge in [0, 0.05) is 10.6 Å². The van der Waals surface area contributed by atoms with Gasteiger partial charge in [-0.2, -0.15) is 0 Å². The van der Waals surface area contributed by atoms with Crippen LogP contribution in [0.25, 0.3) is 0 Å². The summed E-state index contributed by atoms with van der Waals surface area (Å²) in [7, 11) is 1.64. The van der Waals surface area contributed by atoms with Crippen molar-refractivity contribution in [2.24, 2.45) is 0 Å². The van der Waals surface area contributed by atoms with Crippen LogP contribution in [0.1, 0.15) is 20.1 Å². The Morgan fingerprint density at radius 1 is 1.09 bits per heavy atom. The Kier molecular flexibility index (Phi) is 4.79. The summed E-state index contributed by atoms with van der Waals surface area (Å²) in [5, 5.41) is 3.99. The summed E-state index contributed by atoms with van der Waals surface area (Å²) in [6, 6.07) is 13.6. The van der Waals surface area contributed by atoms with Gasteiger partial charge in [0.25, 0.3) is 5.91 Å². The molecule has 2 heterocycles. The average molecular weight is 343 g/mol. The van der Waals surface area contributed by atoms with Gasteiger partial charge in [-0.05, 0) is 59.6 Å². The van der Waals surface area contributed by atoms with E-state index in [0.717, 1.165) is 26.8 Å². The summed E-state index contributed by atoms with van der Waals surface area (Å²) < 4.78 is 5.21. The molecule has 0 atom stereocenters. The molecule has 0 radical (unpaired) electrons. The monoisotopic (exact) mass is 343 g/mol. The van der Waals surface area contributed by atoms with Crippen molar-refractivity contribution in [3.8, 4) is 5.75 Å². The highest BCUT2D eigenvalue weighted by molar-refractivity contribution is 7.12. The van der Waals surface area contributed by atoms with Crippen LogP contribution in [0, 0.1) is 6.92 Å². The molecule has 0 aliphatic rings. The second-order valence-electron chi connectivity index (χ2n) is 5.10. The topological polar surface area (TPSA) is 29.5 Å². The molecule has 23 heavy (non-hydrogen) atoms. The van der Waals surface area contributed by atoms with Crippen LogP contribution in [0.5, 0.6) is 5.75 Å². The average Bonchev–Trinajstić information content (AvgIpc) is 3.23. The first-order chi connectivity index (χ1) is 11.2. The lowest BCUT2D eigenvalue weighted by Gasteiger charge is -2.22. The summed E-state index contributed by atoms with van der Waals surface area (Å²) in [6.45, 7) is 2.54. The normalized spacial score (nSPS) is 10.5. The molecule has 0 unspecified atom stereocenters. The van der Waals surface area contributed by atoms with E-state index >= 15 is 0 Å². The molecule has 1 aromatic carbocycles. The van der Waals surface area contributed by atoms with Crippen molar-refractivity contribution < 1.29 is 9.53 Å². The van der Waals surface area contributed by atoms with Crippen LogP contribution in [0.3, 0.4) is 0 Å². The van der Waals surface area contributed by atoms with Crippen LogP contribution < -0.4 is 9.64 Å².